The van der Waals surface area contributed by atoms with Gasteiger partial charge in [0.2, 0.25) is 0 Å². The Kier molecular flexibility index (Phi) is 9.51. The minimum absolute atomic E-state index is 0.0979. The Morgan fingerprint density at radius 1 is 1.21 bits per heavy atom. The van der Waals surface area contributed by atoms with Crippen LogP contribution in [0, 0.1) is 0 Å². The number of nitrogens with one attached hydrogen (secondary N) is 1. The number of nitrogens with zero attached hydrogens (tertiary/aromatic N) is 6. The summed E-state index contributed by atoms with van der Waals surface area (Å²) < 4.78 is 61.3. The first-order valence-electron chi connectivity index (χ1n) is 14.3. The van der Waals surface area contributed by atoms with Gasteiger partial charge in [-0.25, -0.2) is 19.3 Å². The highest BCUT2D eigenvalue weighted by Gasteiger charge is 2.42. The number of rotatable bonds is 10. The predicted molar refractivity (Wildman–Crippen MR) is 154 cm³/mol. The second kappa shape index (κ2) is 13.1. The highest BCUT2D eigenvalue weighted by Crippen LogP contribution is 2.45. The number of carbonyl (C=O) groups is 1. The number of anilines is 3. The van der Waals surface area contributed by atoms with Crippen molar-refractivity contribution in [2.24, 2.45) is 0 Å². The summed E-state index contributed by atoms with van der Waals surface area (Å²) >= 11 is 1.33. The van der Waals surface area contributed by atoms with Crippen LogP contribution in [0.5, 0.6) is 0 Å². The van der Waals surface area contributed by atoms with Gasteiger partial charge in [0.05, 0.1) is 24.8 Å². The number of carboxylic acid groups (broad SMARTS) is 1. The Balaban J connectivity index is 1.37. The highest BCUT2D eigenvalue weighted by molar-refractivity contribution is 7.15. The fraction of sp³-hybridized carbons (Fsp3) is 0.571. The van der Waals surface area contributed by atoms with Gasteiger partial charge in [0.25, 0.3) is 0 Å². The molecule has 10 nitrogen and oxygen atoms in total. The normalized spacial score (nSPS) is 22.2. The van der Waals surface area contributed by atoms with Crippen molar-refractivity contribution in [3.8, 4) is 0 Å². The molecule has 2 aromatic heterocycles. The van der Waals surface area contributed by atoms with Crippen LogP contribution >= 0.6 is 11.3 Å². The molecule has 3 aliphatic rings. The summed E-state index contributed by atoms with van der Waals surface area (Å²) in [5, 5.41) is 12.6. The number of hydrogen-bond donors (Lipinski definition) is 2. The number of piperazine rings is 1. The first-order valence-corrected chi connectivity index (χ1v) is 15.1. The molecule has 0 saturated carbocycles. The molecule has 2 aliphatic heterocycles. The lowest BCUT2D eigenvalue weighted by Crippen LogP contribution is -2.47. The predicted octanol–water partition coefficient (Wildman–Crippen LogP) is 5.06. The van der Waals surface area contributed by atoms with Gasteiger partial charge in [0, 0.05) is 68.6 Å². The molecule has 15 heteroatoms. The van der Waals surface area contributed by atoms with Crippen LogP contribution in [0.25, 0.3) is 0 Å². The number of methoxy groups -OCH3 is 1. The van der Waals surface area contributed by atoms with E-state index in [2.05, 4.69) is 36.9 Å². The first-order chi connectivity index (χ1) is 20.5. The second-order valence-corrected chi connectivity index (χ2v) is 12.1. The third-order valence-electron chi connectivity index (χ3n) is 8.11. The Labute approximate surface area is 251 Å². The van der Waals surface area contributed by atoms with Crippen LogP contribution in [0.2, 0.25) is 0 Å². The summed E-state index contributed by atoms with van der Waals surface area (Å²) in [5.74, 6) is -2.28. The van der Waals surface area contributed by atoms with Crippen molar-refractivity contribution in [2.45, 2.75) is 57.3 Å². The summed E-state index contributed by atoms with van der Waals surface area (Å²) in [6, 6.07) is 2.11. The Bertz CT molecular complexity index is 1370. The zero-order valence-electron chi connectivity index (χ0n) is 24.0. The third-order valence-corrected chi connectivity index (χ3v) is 9.08. The summed E-state index contributed by atoms with van der Waals surface area (Å²) in [5.41, 5.74) is -0.722. The molecular formula is C28H35F4N7O3S. The van der Waals surface area contributed by atoms with Crippen molar-refractivity contribution in [1.29, 1.82) is 0 Å². The van der Waals surface area contributed by atoms with Gasteiger partial charge in [-0.1, -0.05) is 6.08 Å². The van der Waals surface area contributed by atoms with Gasteiger partial charge in [0.15, 0.2) is 10.9 Å². The van der Waals surface area contributed by atoms with Gasteiger partial charge in [-0.15, -0.1) is 11.3 Å². The van der Waals surface area contributed by atoms with Crippen molar-refractivity contribution in [2.75, 3.05) is 56.6 Å². The fourth-order valence-corrected chi connectivity index (χ4v) is 6.84. The third kappa shape index (κ3) is 7.44. The molecule has 43 heavy (non-hydrogen) atoms. The van der Waals surface area contributed by atoms with Crippen molar-refractivity contribution < 1.29 is 32.2 Å². The molecule has 2 N–H and O–H groups in total. The number of aromatic nitrogens is 3. The molecule has 0 spiro atoms. The zero-order chi connectivity index (χ0) is 30.7. The van der Waals surface area contributed by atoms with Gasteiger partial charge in [0.1, 0.15) is 23.8 Å². The SMILES string of the molecule is COC1=C(F)CC(c2nc(Nc3cc(N4CCN(CCC(=O)O)CC4)ncn3)sc2CN2CCC[C@H]2C)C=C1C(F)(F)F. The largest absolute Gasteiger partial charge is 0.493 e. The standard InChI is InChI=1S/C28H35F4N7O3S/c1-17-4-3-6-39(17)15-21-25(18-12-19(28(30,31)32)26(42-2)20(29)13-18)36-27(43-21)35-22-14-23(34-16-33-22)38-10-8-37(9-11-38)7-5-24(40)41/h12,14,16-18H,3-11,13,15H2,1-2H3,(H,40,41)(H,33,34,35,36)/t17-,18?/m1/s1. The average Bonchev–Trinajstić information content (AvgIpc) is 3.56. The monoisotopic (exact) mass is 625 g/mol. The average molecular weight is 626 g/mol. The lowest BCUT2D eigenvalue weighted by Gasteiger charge is -2.35. The molecule has 0 radical (unpaired) electrons. The number of carboxylic acids is 1. The van der Waals surface area contributed by atoms with Gasteiger partial charge >= 0.3 is 12.1 Å². The van der Waals surface area contributed by atoms with E-state index in [1.165, 1.54) is 17.7 Å². The Morgan fingerprint density at radius 2 is 1.98 bits per heavy atom. The number of hydrogen-bond acceptors (Lipinski definition) is 10. The van der Waals surface area contributed by atoms with Crippen molar-refractivity contribution in [3.05, 3.63) is 46.2 Å². The van der Waals surface area contributed by atoms with Crippen molar-refractivity contribution in [1.82, 2.24) is 24.8 Å². The first kappa shape index (κ1) is 31.1. The number of halogens is 4. The van der Waals surface area contributed by atoms with E-state index >= 15 is 0 Å². The summed E-state index contributed by atoms with van der Waals surface area (Å²) in [4.78, 5) is 31.5. The maximum Gasteiger partial charge on any atom is 0.419 e. The molecule has 0 amide bonds. The molecule has 2 fully saturated rings. The molecule has 2 aromatic rings. The topological polar surface area (TPSA) is 107 Å². The summed E-state index contributed by atoms with van der Waals surface area (Å²) in [6.45, 7) is 6.76. The summed E-state index contributed by atoms with van der Waals surface area (Å²) in [7, 11) is 1.04. The van der Waals surface area contributed by atoms with E-state index in [1.54, 1.807) is 6.07 Å². The van der Waals surface area contributed by atoms with E-state index in [0.29, 0.717) is 67.8 Å². The minimum Gasteiger partial charge on any atom is -0.493 e. The van der Waals surface area contributed by atoms with Gasteiger partial charge in [-0.2, -0.15) is 13.2 Å². The second-order valence-electron chi connectivity index (χ2n) is 11.0. The maximum atomic E-state index is 15.0. The molecule has 1 unspecified atom stereocenters. The van der Waals surface area contributed by atoms with Crippen LogP contribution in [0.4, 0.5) is 34.3 Å². The number of allylic oxidation sites excluding steroid dienone is 3. The van der Waals surface area contributed by atoms with E-state index in [9.17, 15) is 22.4 Å². The summed E-state index contributed by atoms with van der Waals surface area (Å²) in [6.07, 6.45) is -0.425. The number of aliphatic carboxylic acids is 1. The van der Waals surface area contributed by atoms with Gasteiger partial charge in [-0.3, -0.25) is 14.6 Å². The van der Waals surface area contributed by atoms with Crippen LogP contribution in [-0.4, -0.2) is 94.4 Å². The van der Waals surface area contributed by atoms with E-state index in [4.69, 9.17) is 14.8 Å². The number of alkyl halides is 3. The quantitative estimate of drug-likeness (QED) is 0.348. The Morgan fingerprint density at radius 3 is 2.63 bits per heavy atom. The highest BCUT2D eigenvalue weighted by atomic mass is 32.1. The van der Waals surface area contributed by atoms with E-state index in [-0.39, 0.29) is 12.8 Å². The van der Waals surface area contributed by atoms with E-state index in [0.717, 1.165) is 37.4 Å². The molecule has 234 valence electrons. The lowest BCUT2D eigenvalue weighted by molar-refractivity contribution is -0.137. The van der Waals surface area contributed by atoms with Crippen molar-refractivity contribution >= 4 is 34.1 Å². The van der Waals surface area contributed by atoms with Crippen molar-refractivity contribution in [3.63, 3.8) is 0 Å². The minimum atomic E-state index is -4.78. The molecular weight excluding hydrogens is 590 g/mol. The fourth-order valence-electron chi connectivity index (χ4n) is 5.77. The van der Waals surface area contributed by atoms with Crippen LogP contribution in [0.3, 0.4) is 0 Å². The smallest absolute Gasteiger partial charge is 0.419 e. The molecule has 5 rings (SSSR count). The zero-order valence-corrected chi connectivity index (χ0v) is 24.8. The maximum absolute atomic E-state index is 15.0. The molecule has 0 bridgehead atoms. The van der Waals surface area contributed by atoms with Crippen LogP contribution in [-0.2, 0) is 16.1 Å². The van der Waals surface area contributed by atoms with Gasteiger partial charge < -0.3 is 20.1 Å². The van der Waals surface area contributed by atoms with E-state index in [1.807, 2.05) is 0 Å². The molecule has 2 atom stereocenters. The number of ether oxygens (including phenoxy) is 1. The lowest BCUT2D eigenvalue weighted by atomic mass is 9.90. The molecule has 0 aromatic carbocycles. The Hall–Kier alpha value is -3.30. The number of likely N-dealkylation sites (tertiary alicyclic amines) is 1. The van der Waals surface area contributed by atoms with Crippen LogP contribution < -0.4 is 10.2 Å². The molecule has 2 saturated heterocycles. The van der Waals surface area contributed by atoms with Crippen LogP contribution in [0.1, 0.15) is 49.1 Å². The van der Waals surface area contributed by atoms with E-state index < -0.39 is 35.2 Å². The van der Waals surface area contributed by atoms with Gasteiger partial charge in [-0.05, 0) is 26.3 Å². The van der Waals surface area contributed by atoms with Crippen LogP contribution in [0.15, 0.2) is 35.6 Å². The molecule has 1 aliphatic carbocycles. The molecule has 4 heterocycles. The number of thiazole rings is 1.